The third-order valence-corrected chi connectivity index (χ3v) is 5.65. The highest BCUT2D eigenvalue weighted by atomic mass is 32.2. The lowest BCUT2D eigenvalue weighted by atomic mass is 10.0. The van der Waals surface area contributed by atoms with Crippen molar-refractivity contribution < 1.29 is 13.2 Å². The van der Waals surface area contributed by atoms with Gasteiger partial charge < -0.3 is 10.2 Å². The molecule has 0 bridgehead atoms. The Kier molecular flexibility index (Phi) is 6.77. The molecule has 1 unspecified atom stereocenters. The lowest BCUT2D eigenvalue weighted by Crippen LogP contribution is -2.36. The zero-order valence-electron chi connectivity index (χ0n) is 14.4. The smallest absolute Gasteiger partial charge is 0.240 e. The van der Waals surface area contributed by atoms with Crippen molar-refractivity contribution in [1.82, 2.24) is 9.62 Å². The Bertz CT molecular complexity index is 644. The molecule has 6 nitrogen and oxygen atoms in total. The second-order valence-corrected chi connectivity index (χ2v) is 8.27. The minimum absolute atomic E-state index is 0.184. The molecule has 0 spiro atoms. The summed E-state index contributed by atoms with van der Waals surface area (Å²) in [4.78, 5) is 13.6. The number of piperidine rings is 1. The minimum atomic E-state index is -3.50. The molecule has 1 aliphatic rings. The van der Waals surface area contributed by atoms with Gasteiger partial charge in [0.05, 0.1) is 4.90 Å². The molecule has 24 heavy (non-hydrogen) atoms. The maximum absolute atomic E-state index is 12.3. The van der Waals surface area contributed by atoms with Crippen LogP contribution in [-0.2, 0) is 14.8 Å². The molecule has 2 rings (SSSR count). The van der Waals surface area contributed by atoms with Crippen molar-refractivity contribution >= 4 is 21.6 Å². The van der Waals surface area contributed by atoms with Gasteiger partial charge >= 0.3 is 0 Å². The Labute approximate surface area is 144 Å². The van der Waals surface area contributed by atoms with Gasteiger partial charge in [-0.15, -0.1) is 0 Å². The Morgan fingerprint density at radius 2 is 2.00 bits per heavy atom. The molecule has 0 aliphatic carbocycles. The molecule has 2 N–H and O–H groups in total. The quantitative estimate of drug-likeness (QED) is 0.736. The van der Waals surface area contributed by atoms with E-state index in [9.17, 15) is 13.2 Å². The molecule has 7 heteroatoms. The van der Waals surface area contributed by atoms with Gasteiger partial charge in [-0.3, -0.25) is 4.79 Å². The predicted octanol–water partition coefficient (Wildman–Crippen LogP) is 2.05. The van der Waals surface area contributed by atoms with Gasteiger partial charge in [-0.25, -0.2) is 13.1 Å². The zero-order valence-corrected chi connectivity index (χ0v) is 15.2. The summed E-state index contributed by atoms with van der Waals surface area (Å²) in [6.45, 7) is 7.25. The van der Waals surface area contributed by atoms with Crippen molar-refractivity contribution in [1.29, 1.82) is 0 Å². The van der Waals surface area contributed by atoms with E-state index in [2.05, 4.69) is 21.9 Å². The summed E-state index contributed by atoms with van der Waals surface area (Å²) in [6.07, 6.45) is 3.32. The molecule has 134 valence electrons. The van der Waals surface area contributed by atoms with Gasteiger partial charge in [0.15, 0.2) is 0 Å². The molecule has 1 aliphatic heterocycles. The van der Waals surface area contributed by atoms with Crippen LogP contribution in [0, 0.1) is 5.92 Å². The van der Waals surface area contributed by atoms with Gasteiger partial charge in [0.1, 0.15) is 0 Å². The van der Waals surface area contributed by atoms with E-state index in [1.807, 2.05) is 0 Å². The predicted molar refractivity (Wildman–Crippen MR) is 95.4 cm³/mol. The number of likely N-dealkylation sites (tertiary alicyclic amines) is 1. The number of hydrogen-bond acceptors (Lipinski definition) is 4. The number of amides is 1. The summed E-state index contributed by atoms with van der Waals surface area (Å²) in [5.74, 6) is 0.549. The number of carbonyl (C=O) groups is 1. The number of rotatable bonds is 7. The van der Waals surface area contributed by atoms with E-state index in [4.69, 9.17) is 0 Å². The summed E-state index contributed by atoms with van der Waals surface area (Å²) in [5, 5.41) is 2.62. The van der Waals surface area contributed by atoms with Crippen LogP contribution >= 0.6 is 0 Å². The normalized spacial score (nSPS) is 19.2. The maximum atomic E-state index is 12.3. The lowest BCUT2D eigenvalue weighted by Gasteiger charge is -2.30. The molecule has 1 aromatic carbocycles. The Hall–Kier alpha value is -1.44. The molecule has 1 heterocycles. The van der Waals surface area contributed by atoms with Crippen molar-refractivity contribution in [3.8, 4) is 0 Å². The molecular formula is C17H27N3O3S. The maximum Gasteiger partial charge on any atom is 0.240 e. The Morgan fingerprint density at radius 3 is 2.62 bits per heavy atom. The van der Waals surface area contributed by atoms with Crippen molar-refractivity contribution in [2.24, 2.45) is 5.92 Å². The topological polar surface area (TPSA) is 78.5 Å². The molecule has 1 atom stereocenters. The summed E-state index contributed by atoms with van der Waals surface area (Å²) < 4.78 is 27.2. The lowest BCUT2D eigenvalue weighted by molar-refractivity contribution is -0.114. The minimum Gasteiger partial charge on any atom is -0.326 e. The van der Waals surface area contributed by atoms with Crippen LogP contribution in [0.3, 0.4) is 0 Å². The molecular weight excluding hydrogens is 326 g/mol. The van der Waals surface area contributed by atoms with Crippen molar-refractivity contribution in [2.75, 3.05) is 31.5 Å². The highest BCUT2D eigenvalue weighted by molar-refractivity contribution is 7.89. The van der Waals surface area contributed by atoms with Crippen molar-refractivity contribution in [3.05, 3.63) is 24.3 Å². The van der Waals surface area contributed by atoms with E-state index in [1.54, 1.807) is 12.1 Å². The van der Waals surface area contributed by atoms with E-state index in [-0.39, 0.29) is 10.8 Å². The molecule has 1 amide bonds. The van der Waals surface area contributed by atoms with Crippen LogP contribution in [0.5, 0.6) is 0 Å². The molecule has 0 saturated carbocycles. The monoisotopic (exact) mass is 353 g/mol. The number of hydrogen-bond donors (Lipinski definition) is 2. The number of sulfonamides is 1. The molecule has 0 radical (unpaired) electrons. The molecule has 0 aromatic heterocycles. The molecule has 1 saturated heterocycles. The summed E-state index contributed by atoms with van der Waals surface area (Å²) >= 11 is 0. The van der Waals surface area contributed by atoms with Crippen LogP contribution in [-0.4, -0.2) is 45.4 Å². The number of anilines is 1. The first-order valence-electron chi connectivity index (χ1n) is 8.46. The van der Waals surface area contributed by atoms with Crippen LogP contribution in [0.4, 0.5) is 5.69 Å². The van der Waals surface area contributed by atoms with Gasteiger partial charge in [-0.1, -0.05) is 6.92 Å². The van der Waals surface area contributed by atoms with Gasteiger partial charge in [0, 0.05) is 25.7 Å². The van der Waals surface area contributed by atoms with E-state index in [0.29, 0.717) is 12.2 Å². The fraction of sp³-hybridized carbons (Fsp3) is 0.588. The SMILES string of the molecule is CC(=O)Nc1ccc(S(=O)(=O)NCCCN2CCCC(C)C2)cc1. The largest absolute Gasteiger partial charge is 0.326 e. The van der Waals surface area contributed by atoms with Gasteiger partial charge in [-0.2, -0.15) is 0 Å². The summed E-state index contributed by atoms with van der Waals surface area (Å²) in [7, 11) is -3.50. The van der Waals surface area contributed by atoms with E-state index < -0.39 is 10.0 Å². The fourth-order valence-electron chi connectivity index (χ4n) is 3.00. The number of carbonyl (C=O) groups excluding carboxylic acids is 1. The van der Waals surface area contributed by atoms with E-state index >= 15 is 0 Å². The van der Waals surface area contributed by atoms with E-state index in [0.717, 1.165) is 32.0 Å². The van der Waals surface area contributed by atoms with Crippen molar-refractivity contribution in [2.45, 2.75) is 38.0 Å². The number of nitrogens with zero attached hydrogens (tertiary/aromatic N) is 1. The summed E-state index contributed by atoms with van der Waals surface area (Å²) in [5.41, 5.74) is 0.584. The first-order valence-corrected chi connectivity index (χ1v) is 9.95. The van der Waals surface area contributed by atoms with Gasteiger partial charge in [0.2, 0.25) is 15.9 Å². The summed E-state index contributed by atoms with van der Waals surface area (Å²) in [6, 6.07) is 6.18. The van der Waals surface area contributed by atoms with Crippen LogP contribution < -0.4 is 10.0 Å². The van der Waals surface area contributed by atoms with Crippen LogP contribution in [0.25, 0.3) is 0 Å². The van der Waals surface area contributed by atoms with Gasteiger partial charge in [-0.05, 0) is 62.5 Å². The Balaban J connectivity index is 1.79. The first kappa shape index (κ1) is 18.9. The molecule has 1 fully saturated rings. The second kappa shape index (κ2) is 8.60. The first-order chi connectivity index (χ1) is 11.4. The van der Waals surface area contributed by atoms with Crippen LogP contribution in [0.2, 0.25) is 0 Å². The average molecular weight is 353 g/mol. The third-order valence-electron chi connectivity index (χ3n) is 4.17. The Morgan fingerprint density at radius 1 is 1.29 bits per heavy atom. The third kappa shape index (κ3) is 5.89. The van der Waals surface area contributed by atoms with Crippen LogP contribution in [0.15, 0.2) is 29.2 Å². The van der Waals surface area contributed by atoms with Crippen molar-refractivity contribution in [3.63, 3.8) is 0 Å². The fourth-order valence-corrected chi connectivity index (χ4v) is 4.08. The average Bonchev–Trinajstić information content (AvgIpc) is 2.52. The second-order valence-electron chi connectivity index (χ2n) is 6.50. The van der Waals surface area contributed by atoms with Gasteiger partial charge in [0.25, 0.3) is 0 Å². The number of nitrogens with one attached hydrogen (secondary N) is 2. The number of benzene rings is 1. The standard InChI is InChI=1S/C17H27N3O3S/c1-14-5-3-11-20(13-14)12-4-10-18-24(22,23)17-8-6-16(7-9-17)19-15(2)21/h6-9,14,18H,3-5,10-13H2,1-2H3,(H,19,21). The highest BCUT2D eigenvalue weighted by Crippen LogP contribution is 2.16. The highest BCUT2D eigenvalue weighted by Gasteiger charge is 2.17. The molecule has 1 aromatic rings. The zero-order chi connectivity index (χ0) is 17.6. The van der Waals surface area contributed by atoms with E-state index in [1.165, 1.54) is 31.9 Å². The van der Waals surface area contributed by atoms with Crippen LogP contribution in [0.1, 0.15) is 33.1 Å².